The van der Waals surface area contributed by atoms with Crippen molar-refractivity contribution in [2.45, 2.75) is 19.5 Å². The molecule has 1 aromatic carbocycles. The predicted octanol–water partition coefficient (Wildman–Crippen LogP) is 3.65. The first-order chi connectivity index (χ1) is 7.75. The van der Waals surface area contributed by atoms with E-state index in [-0.39, 0.29) is 0 Å². The lowest BCUT2D eigenvalue weighted by Gasteiger charge is -2.13. The van der Waals surface area contributed by atoms with Crippen molar-refractivity contribution in [3.05, 3.63) is 51.4 Å². The molecule has 0 spiro atoms. The minimum Gasteiger partial charge on any atom is -0.305 e. The molecule has 1 unspecified atom stereocenters. The zero-order chi connectivity index (χ0) is 11.4. The van der Waals surface area contributed by atoms with E-state index in [1.165, 1.54) is 10.4 Å². The molecular formula is C12H13ClN2S. The molecule has 0 saturated carbocycles. The molecule has 0 radical (unpaired) electrons. The maximum atomic E-state index is 5.85. The van der Waals surface area contributed by atoms with Crippen LogP contribution in [0.15, 0.2) is 36.0 Å². The average Bonchev–Trinajstić information content (AvgIpc) is 2.80. The van der Waals surface area contributed by atoms with Gasteiger partial charge in [-0.25, -0.2) is 0 Å². The van der Waals surface area contributed by atoms with Crippen molar-refractivity contribution >= 4 is 22.9 Å². The van der Waals surface area contributed by atoms with Crippen molar-refractivity contribution in [3.63, 3.8) is 0 Å². The number of hydrogen-bond acceptors (Lipinski definition) is 3. The summed E-state index contributed by atoms with van der Waals surface area (Å²) in [6.07, 6.45) is 1.90. The number of hydrogen-bond donors (Lipinski definition) is 1. The Balaban J connectivity index is 1.93. The van der Waals surface area contributed by atoms with E-state index in [9.17, 15) is 0 Å². The maximum absolute atomic E-state index is 5.85. The number of nitrogens with zero attached hydrogens (tertiary/aromatic N) is 1. The number of rotatable bonds is 4. The summed E-state index contributed by atoms with van der Waals surface area (Å²) in [6.45, 7) is 3.00. The summed E-state index contributed by atoms with van der Waals surface area (Å²) in [5.41, 5.74) is 3.10. The van der Waals surface area contributed by atoms with Gasteiger partial charge in [0.2, 0.25) is 0 Å². The van der Waals surface area contributed by atoms with Gasteiger partial charge in [0.05, 0.1) is 5.51 Å². The summed E-state index contributed by atoms with van der Waals surface area (Å²) in [7, 11) is 0. The molecule has 0 aliphatic carbocycles. The monoisotopic (exact) mass is 252 g/mol. The van der Waals surface area contributed by atoms with Crippen LogP contribution in [0.5, 0.6) is 0 Å². The molecule has 0 fully saturated rings. The summed E-state index contributed by atoms with van der Waals surface area (Å²) in [5, 5.41) is 4.22. The molecule has 4 heteroatoms. The summed E-state index contributed by atoms with van der Waals surface area (Å²) >= 11 is 7.52. The van der Waals surface area contributed by atoms with Gasteiger partial charge in [0, 0.05) is 28.7 Å². The highest BCUT2D eigenvalue weighted by atomic mass is 35.5. The Hall–Kier alpha value is -0.900. The smallest absolute Gasteiger partial charge is 0.0794 e. The van der Waals surface area contributed by atoms with E-state index in [4.69, 9.17) is 11.6 Å². The molecule has 0 amide bonds. The SMILES string of the molecule is CC(NCc1cncs1)c1ccc(Cl)cc1. The minimum absolute atomic E-state index is 0.319. The Bertz CT molecular complexity index is 425. The maximum Gasteiger partial charge on any atom is 0.0794 e. The molecule has 16 heavy (non-hydrogen) atoms. The van der Waals surface area contributed by atoms with E-state index in [0.29, 0.717) is 6.04 Å². The van der Waals surface area contributed by atoms with Crippen molar-refractivity contribution in [2.24, 2.45) is 0 Å². The van der Waals surface area contributed by atoms with Crippen molar-refractivity contribution in [2.75, 3.05) is 0 Å². The van der Waals surface area contributed by atoms with Gasteiger partial charge in [0.15, 0.2) is 0 Å². The Labute approximate surface area is 104 Å². The van der Waals surface area contributed by atoms with E-state index < -0.39 is 0 Å². The lowest BCUT2D eigenvalue weighted by atomic mass is 10.1. The highest BCUT2D eigenvalue weighted by Gasteiger charge is 2.04. The fourth-order valence-corrected chi connectivity index (χ4v) is 2.12. The molecular weight excluding hydrogens is 240 g/mol. The number of aromatic nitrogens is 1. The molecule has 1 N–H and O–H groups in total. The number of benzene rings is 1. The van der Waals surface area contributed by atoms with Gasteiger partial charge in [-0.2, -0.15) is 0 Å². The molecule has 0 aliphatic heterocycles. The van der Waals surface area contributed by atoms with Crippen LogP contribution in [0, 0.1) is 0 Å². The highest BCUT2D eigenvalue weighted by Crippen LogP contribution is 2.17. The van der Waals surface area contributed by atoms with Gasteiger partial charge >= 0.3 is 0 Å². The number of thiazole rings is 1. The average molecular weight is 253 g/mol. The van der Waals surface area contributed by atoms with Crippen molar-refractivity contribution in [1.82, 2.24) is 10.3 Å². The lowest BCUT2D eigenvalue weighted by Crippen LogP contribution is -2.17. The standard InChI is InChI=1S/C12H13ClN2S/c1-9(10-2-4-11(13)5-3-10)15-7-12-6-14-8-16-12/h2-6,8-9,15H,7H2,1H3. The summed E-state index contributed by atoms with van der Waals surface area (Å²) in [5.74, 6) is 0. The van der Waals surface area contributed by atoms with E-state index in [0.717, 1.165) is 11.6 Å². The molecule has 2 aromatic rings. The van der Waals surface area contributed by atoms with E-state index in [2.05, 4.69) is 17.2 Å². The zero-order valence-corrected chi connectivity index (χ0v) is 10.6. The van der Waals surface area contributed by atoms with Crippen LogP contribution >= 0.6 is 22.9 Å². The van der Waals surface area contributed by atoms with Gasteiger partial charge in [0.1, 0.15) is 0 Å². The molecule has 0 bridgehead atoms. The van der Waals surface area contributed by atoms with Crippen LogP contribution in [0.2, 0.25) is 5.02 Å². The van der Waals surface area contributed by atoms with Gasteiger partial charge in [-0.05, 0) is 24.6 Å². The summed E-state index contributed by atoms with van der Waals surface area (Å²) in [4.78, 5) is 5.30. The Morgan fingerprint density at radius 1 is 1.38 bits per heavy atom. The van der Waals surface area contributed by atoms with Gasteiger partial charge in [0.25, 0.3) is 0 Å². The van der Waals surface area contributed by atoms with Crippen molar-refractivity contribution in [3.8, 4) is 0 Å². The fourth-order valence-electron chi connectivity index (χ4n) is 1.45. The van der Waals surface area contributed by atoms with E-state index in [1.807, 2.05) is 36.0 Å². The highest BCUT2D eigenvalue weighted by molar-refractivity contribution is 7.09. The largest absolute Gasteiger partial charge is 0.305 e. The topological polar surface area (TPSA) is 24.9 Å². The lowest BCUT2D eigenvalue weighted by molar-refractivity contribution is 0.578. The van der Waals surface area contributed by atoms with Crippen LogP contribution in [-0.4, -0.2) is 4.98 Å². The van der Waals surface area contributed by atoms with Crippen molar-refractivity contribution < 1.29 is 0 Å². The Kier molecular flexibility index (Phi) is 3.93. The second kappa shape index (κ2) is 5.43. The van der Waals surface area contributed by atoms with Crippen LogP contribution in [0.1, 0.15) is 23.4 Å². The quantitative estimate of drug-likeness (QED) is 0.899. The second-order valence-corrected chi connectivity index (χ2v) is 5.03. The number of nitrogens with one attached hydrogen (secondary N) is 1. The molecule has 2 nitrogen and oxygen atoms in total. The van der Waals surface area contributed by atoms with Gasteiger partial charge in [-0.15, -0.1) is 11.3 Å². The minimum atomic E-state index is 0.319. The second-order valence-electron chi connectivity index (χ2n) is 3.62. The van der Waals surface area contributed by atoms with Gasteiger partial charge in [-0.1, -0.05) is 23.7 Å². The predicted molar refractivity (Wildman–Crippen MR) is 68.8 cm³/mol. The van der Waals surface area contributed by atoms with Gasteiger partial charge < -0.3 is 5.32 Å². The van der Waals surface area contributed by atoms with Crippen LogP contribution in [-0.2, 0) is 6.54 Å². The Morgan fingerprint density at radius 3 is 2.75 bits per heavy atom. The van der Waals surface area contributed by atoms with E-state index >= 15 is 0 Å². The third kappa shape index (κ3) is 3.04. The Morgan fingerprint density at radius 2 is 2.12 bits per heavy atom. The first-order valence-electron chi connectivity index (χ1n) is 5.12. The zero-order valence-electron chi connectivity index (χ0n) is 8.98. The summed E-state index contributed by atoms with van der Waals surface area (Å²) < 4.78 is 0. The summed E-state index contributed by atoms with van der Waals surface area (Å²) in [6, 6.07) is 8.25. The third-order valence-corrected chi connectivity index (χ3v) is 3.47. The first-order valence-corrected chi connectivity index (χ1v) is 6.37. The van der Waals surface area contributed by atoms with Crippen LogP contribution < -0.4 is 5.32 Å². The molecule has 84 valence electrons. The molecule has 1 aromatic heterocycles. The molecule has 1 atom stereocenters. The fraction of sp³-hybridized carbons (Fsp3) is 0.250. The first kappa shape index (κ1) is 11.6. The van der Waals surface area contributed by atoms with Crippen LogP contribution in [0.25, 0.3) is 0 Å². The van der Waals surface area contributed by atoms with Gasteiger partial charge in [-0.3, -0.25) is 4.98 Å². The van der Waals surface area contributed by atoms with Crippen LogP contribution in [0.3, 0.4) is 0 Å². The number of halogens is 1. The normalized spacial score (nSPS) is 12.6. The molecule has 2 rings (SSSR count). The third-order valence-electron chi connectivity index (χ3n) is 2.44. The van der Waals surface area contributed by atoms with Crippen LogP contribution in [0.4, 0.5) is 0 Å². The van der Waals surface area contributed by atoms with Crippen molar-refractivity contribution in [1.29, 1.82) is 0 Å². The molecule has 1 heterocycles. The molecule has 0 aliphatic rings. The van der Waals surface area contributed by atoms with E-state index in [1.54, 1.807) is 11.3 Å². The molecule has 0 saturated heterocycles.